The molecule has 0 radical (unpaired) electrons. The Morgan fingerprint density at radius 3 is 2.54 bits per heavy atom. The van der Waals surface area contributed by atoms with Crippen LogP contribution < -0.4 is 10.1 Å². The van der Waals surface area contributed by atoms with E-state index in [9.17, 15) is 14.5 Å². The van der Waals surface area contributed by atoms with Crippen molar-refractivity contribution in [3.05, 3.63) is 64.0 Å². The molecule has 1 fully saturated rings. The van der Waals surface area contributed by atoms with Crippen molar-refractivity contribution in [2.24, 2.45) is 0 Å². The molecule has 0 saturated carbocycles. The first-order valence-corrected chi connectivity index (χ1v) is 8.65. The fourth-order valence-corrected chi connectivity index (χ4v) is 3.39. The lowest BCUT2D eigenvalue weighted by atomic mass is 10.0. The summed E-state index contributed by atoms with van der Waals surface area (Å²) in [6.45, 7) is 2.41. The summed E-state index contributed by atoms with van der Waals surface area (Å²) in [5.74, 6) is -0.0511. The third kappa shape index (κ3) is 3.94. The number of nitro benzene ring substituents is 1. The van der Waals surface area contributed by atoms with Gasteiger partial charge in [0, 0.05) is 6.54 Å². The molecule has 0 aromatic heterocycles. The minimum atomic E-state index is -0.831. The first-order valence-electron chi connectivity index (χ1n) is 8.65. The Bertz CT molecular complexity index is 761. The summed E-state index contributed by atoms with van der Waals surface area (Å²) in [5.41, 5.74) is 0.786. The number of para-hydroxylation sites is 1. The maximum Gasteiger partial charge on any atom is 0.327 e. The molecule has 0 bridgehead atoms. The third-order valence-corrected chi connectivity index (χ3v) is 4.74. The van der Waals surface area contributed by atoms with Crippen molar-refractivity contribution in [1.29, 1.82) is 0 Å². The van der Waals surface area contributed by atoms with E-state index in [1.165, 1.54) is 12.1 Å². The number of nitro groups is 1. The predicted octanol–water partition coefficient (Wildman–Crippen LogP) is 3.99. The number of hydrogen-bond donors (Lipinski definition) is 1. The second-order valence-electron chi connectivity index (χ2n) is 6.31. The van der Waals surface area contributed by atoms with E-state index in [1.54, 1.807) is 7.11 Å². The molecule has 0 amide bonds. The van der Waals surface area contributed by atoms with Crippen molar-refractivity contribution in [2.75, 3.05) is 32.1 Å². The fraction of sp³-hybridized carbons (Fsp3) is 0.368. The normalized spacial score (nSPS) is 15.6. The predicted molar refractivity (Wildman–Crippen MR) is 98.1 cm³/mol. The smallest absolute Gasteiger partial charge is 0.327 e. The lowest BCUT2D eigenvalue weighted by Gasteiger charge is -2.28. The number of methoxy groups -OCH3 is 1. The summed E-state index contributed by atoms with van der Waals surface area (Å²) >= 11 is 0. The van der Waals surface area contributed by atoms with Gasteiger partial charge in [0.15, 0.2) is 0 Å². The molecule has 26 heavy (non-hydrogen) atoms. The van der Waals surface area contributed by atoms with Gasteiger partial charge in [-0.3, -0.25) is 15.0 Å². The maximum absolute atomic E-state index is 13.8. The van der Waals surface area contributed by atoms with Gasteiger partial charge >= 0.3 is 5.69 Å². The van der Waals surface area contributed by atoms with Crippen LogP contribution in [0.4, 0.5) is 15.8 Å². The van der Waals surface area contributed by atoms with E-state index in [0.717, 1.165) is 43.3 Å². The maximum atomic E-state index is 13.8. The molecule has 138 valence electrons. The highest BCUT2D eigenvalue weighted by atomic mass is 19.1. The van der Waals surface area contributed by atoms with Gasteiger partial charge in [-0.1, -0.05) is 18.2 Å². The number of anilines is 1. The fourth-order valence-electron chi connectivity index (χ4n) is 3.39. The van der Waals surface area contributed by atoms with Crippen LogP contribution in [0.5, 0.6) is 5.75 Å². The topological polar surface area (TPSA) is 67.6 Å². The molecular formula is C19H22FN3O3. The molecule has 2 aromatic rings. The third-order valence-electron chi connectivity index (χ3n) is 4.74. The Labute approximate surface area is 151 Å². The van der Waals surface area contributed by atoms with Crippen molar-refractivity contribution in [2.45, 2.75) is 18.9 Å². The molecule has 1 heterocycles. The average Bonchev–Trinajstić information content (AvgIpc) is 3.16. The van der Waals surface area contributed by atoms with Crippen molar-refractivity contribution < 1.29 is 14.1 Å². The molecular weight excluding hydrogens is 337 g/mol. The van der Waals surface area contributed by atoms with Crippen LogP contribution in [0.15, 0.2) is 42.5 Å². The number of ether oxygens (including phenoxy) is 1. The lowest BCUT2D eigenvalue weighted by molar-refractivity contribution is -0.386. The Morgan fingerprint density at radius 2 is 1.92 bits per heavy atom. The molecule has 1 aliphatic rings. The second kappa shape index (κ2) is 8.14. The van der Waals surface area contributed by atoms with Gasteiger partial charge in [0.1, 0.15) is 11.4 Å². The van der Waals surface area contributed by atoms with Crippen LogP contribution in [0.1, 0.15) is 24.4 Å². The molecule has 0 aliphatic carbocycles. The second-order valence-corrected chi connectivity index (χ2v) is 6.31. The Balaban J connectivity index is 1.82. The van der Waals surface area contributed by atoms with E-state index in [1.807, 2.05) is 24.3 Å². The monoisotopic (exact) mass is 359 g/mol. The van der Waals surface area contributed by atoms with Crippen molar-refractivity contribution in [3.8, 4) is 5.75 Å². The summed E-state index contributed by atoms with van der Waals surface area (Å²) in [6, 6.07) is 12.0. The Morgan fingerprint density at radius 1 is 1.23 bits per heavy atom. The quantitative estimate of drug-likeness (QED) is 0.598. The van der Waals surface area contributed by atoms with Crippen LogP contribution in [0.25, 0.3) is 0 Å². The van der Waals surface area contributed by atoms with E-state index < -0.39 is 16.4 Å². The Kier molecular flexibility index (Phi) is 5.68. The molecule has 1 aliphatic heterocycles. The number of rotatable bonds is 7. The highest BCUT2D eigenvalue weighted by Gasteiger charge is 2.25. The van der Waals surface area contributed by atoms with Crippen molar-refractivity contribution >= 4 is 11.4 Å². The zero-order valence-corrected chi connectivity index (χ0v) is 14.7. The highest BCUT2D eigenvalue weighted by molar-refractivity contribution is 5.62. The van der Waals surface area contributed by atoms with Crippen molar-refractivity contribution in [3.63, 3.8) is 0 Å². The zero-order chi connectivity index (χ0) is 18.5. The molecule has 1 atom stereocenters. The van der Waals surface area contributed by atoms with E-state index >= 15 is 0 Å². The van der Waals surface area contributed by atoms with Crippen LogP contribution >= 0.6 is 0 Å². The standard InChI is InChI=1S/C19H22FN3O3/c1-26-15-9-7-14(8-10-15)18(22-11-2-3-12-22)13-21-17-6-4-5-16(20)19(17)23(24)25/h4-10,18,21H,2-3,11-13H2,1H3. The van der Waals surface area contributed by atoms with E-state index in [0.29, 0.717) is 6.54 Å². The zero-order valence-electron chi connectivity index (χ0n) is 14.7. The lowest BCUT2D eigenvalue weighted by Crippen LogP contribution is -2.31. The van der Waals surface area contributed by atoms with Gasteiger partial charge in [-0.15, -0.1) is 0 Å². The minimum absolute atomic E-state index is 0.0475. The summed E-state index contributed by atoms with van der Waals surface area (Å²) in [6.07, 6.45) is 2.26. The number of nitrogens with zero attached hydrogens (tertiary/aromatic N) is 2. The van der Waals surface area contributed by atoms with Crippen LogP contribution in [-0.2, 0) is 0 Å². The van der Waals surface area contributed by atoms with Gasteiger partial charge in [-0.2, -0.15) is 4.39 Å². The average molecular weight is 359 g/mol. The first kappa shape index (κ1) is 18.1. The van der Waals surface area contributed by atoms with Gasteiger partial charge in [0.2, 0.25) is 5.82 Å². The molecule has 1 saturated heterocycles. The molecule has 3 rings (SSSR count). The van der Waals surface area contributed by atoms with Gasteiger partial charge < -0.3 is 10.1 Å². The molecule has 7 heteroatoms. The van der Waals surface area contributed by atoms with Crippen LogP contribution in [0, 0.1) is 15.9 Å². The van der Waals surface area contributed by atoms with Gasteiger partial charge in [-0.25, -0.2) is 0 Å². The molecule has 6 nitrogen and oxygen atoms in total. The molecule has 1 N–H and O–H groups in total. The number of benzene rings is 2. The van der Waals surface area contributed by atoms with Gasteiger partial charge in [0.25, 0.3) is 0 Å². The summed E-state index contributed by atoms with van der Waals surface area (Å²) in [5, 5.41) is 14.3. The molecule has 0 spiro atoms. The number of hydrogen-bond acceptors (Lipinski definition) is 5. The van der Waals surface area contributed by atoms with Gasteiger partial charge in [-0.05, 0) is 55.8 Å². The van der Waals surface area contributed by atoms with Crippen LogP contribution in [0.2, 0.25) is 0 Å². The van der Waals surface area contributed by atoms with Crippen LogP contribution in [-0.4, -0.2) is 36.6 Å². The molecule has 2 aromatic carbocycles. The van der Waals surface area contributed by atoms with Crippen molar-refractivity contribution in [1.82, 2.24) is 4.90 Å². The summed E-state index contributed by atoms with van der Waals surface area (Å²) in [7, 11) is 1.62. The largest absolute Gasteiger partial charge is 0.497 e. The van der Waals surface area contributed by atoms with E-state index in [4.69, 9.17) is 4.74 Å². The van der Waals surface area contributed by atoms with E-state index in [-0.39, 0.29) is 11.7 Å². The van der Waals surface area contributed by atoms with Gasteiger partial charge in [0.05, 0.1) is 18.1 Å². The number of likely N-dealkylation sites (tertiary alicyclic amines) is 1. The van der Waals surface area contributed by atoms with E-state index in [2.05, 4.69) is 10.2 Å². The summed E-state index contributed by atoms with van der Waals surface area (Å²) in [4.78, 5) is 12.8. The van der Waals surface area contributed by atoms with Crippen LogP contribution in [0.3, 0.4) is 0 Å². The highest BCUT2D eigenvalue weighted by Crippen LogP contribution is 2.30. The SMILES string of the molecule is COc1ccc(C(CNc2cccc(F)c2[N+](=O)[O-])N2CCCC2)cc1. The number of halogens is 1. The Hall–Kier alpha value is -2.67. The minimum Gasteiger partial charge on any atom is -0.497 e. The molecule has 1 unspecified atom stereocenters. The first-order chi connectivity index (χ1) is 12.6. The number of nitrogens with one attached hydrogen (secondary N) is 1. The summed E-state index contributed by atoms with van der Waals surface area (Å²) < 4.78 is 19.0.